The predicted molar refractivity (Wildman–Crippen MR) is 63.5 cm³/mol. The first-order chi connectivity index (χ1) is 8.79. The summed E-state index contributed by atoms with van der Waals surface area (Å²) in [5.41, 5.74) is 0.910. The lowest BCUT2D eigenvalue weighted by Crippen LogP contribution is -2.06. The van der Waals surface area contributed by atoms with Crippen LogP contribution in [0.25, 0.3) is 0 Å². The van der Waals surface area contributed by atoms with Crippen molar-refractivity contribution in [2.75, 3.05) is 0 Å². The van der Waals surface area contributed by atoms with Crippen LogP contribution in [-0.4, -0.2) is 14.9 Å². The molecule has 0 aliphatic rings. The van der Waals surface area contributed by atoms with Crippen LogP contribution in [0, 0.1) is 6.92 Å². The molecule has 1 aromatic carbocycles. The van der Waals surface area contributed by atoms with Crippen LogP contribution in [0.15, 0.2) is 30.5 Å². The van der Waals surface area contributed by atoms with Gasteiger partial charge in [-0.2, -0.15) is 18.3 Å². The van der Waals surface area contributed by atoms with Crippen LogP contribution in [0.1, 0.15) is 28.5 Å². The highest BCUT2D eigenvalue weighted by Gasteiger charge is 2.30. The van der Waals surface area contributed by atoms with E-state index in [9.17, 15) is 18.3 Å². The third kappa shape index (κ3) is 2.78. The summed E-state index contributed by atoms with van der Waals surface area (Å²) in [6.07, 6.45) is -3.69. The largest absolute Gasteiger partial charge is 0.416 e. The van der Waals surface area contributed by atoms with Crippen LogP contribution in [0.3, 0.4) is 0 Å². The molecular weight excluding hydrogens is 257 g/mol. The molecule has 102 valence electrons. The third-order valence-electron chi connectivity index (χ3n) is 2.90. The van der Waals surface area contributed by atoms with Crippen molar-refractivity contribution in [3.05, 3.63) is 52.8 Å². The first kappa shape index (κ1) is 13.6. The number of benzene rings is 1. The molecule has 19 heavy (non-hydrogen) atoms. The fourth-order valence-corrected chi connectivity index (χ4v) is 1.92. The van der Waals surface area contributed by atoms with Gasteiger partial charge in [0.2, 0.25) is 0 Å². The molecule has 3 nitrogen and oxygen atoms in total. The normalized spacial score (nSPS) is 13.6. The highest BCUT2D eigenvalue weighted by Crippen LogP contribution is 2.31. The SMILES string of the molecule is Cc1nn(C)cc1C(O)c1ccc(C(F)(F)F)cc1. The molecule has 0 aliphatic carbocycles. The van der Waals surface area contributed by atoms with E-state index in [-0.39, 0.29) is 0 Å². The fourth-order valence-electron chi connectivity index (χ4n) is 1.92. The summed E-state index contributed by atoms with van der Waals surface area (Å²) >= 11 is 0. The second kappa shape index (κ2) is 4.70. The molecule has 6 heteroatoms. The van der Waals surface area contributed by atoms with Gasteiger partial charge in [0, 0.05) is 18.8 Å². The van der Waals surface area contributed by atoms with E-state index in [1.165, 1.54) is 12.1 Å². The van der Waals surface area contributed by atoms with Gasteiger partial charge in [-0.05, 0) is 24.6 Å². The van der Waals surface area contributed by atoms with E-state index in [4.69, 9.17) is 0 Å². The average Bonchev–Trinajstić information content (AvgIpc) is 2.66. The Labute approximate surface area is 108 Å². The maximum atomic E-state index is 12.4. The van der Waals surface area contributed by atoms with Gasteiger partial charge in [-0.3, -0.25) is 4.68 Å². The Hall–Kier alpha value is -1.82. The Morgan fingerprint density at radius 1 is 1.21 bits per heavy atom. The fraction of sp³-hybridized carbons (Fsp3) is 0.308. The molecule has 0 aliphatic heterocycles. The van der Waals surface area contributed by atoms with Crippen molar-refractivity contribution in [3.63, 3.8) is 0 Å². The minimum Gasteiger partial charge on any atom is -0.384 e. The number of hydrogen-bond acceptors (Lipinski definition) is 2. The minimum atomic E-state index is -4.37. The van der Waals surface area contributed by atoms with Crippen LogP contribution in [0.4, 0.5) is 13.2 Å². The van der Waals surface area contributed by atoms with Crippen LogP contribution in [-0.2, 0) is 13.2 Å². The molecule has 0 bridgehead atoms. The van der Waals surface area contributed by atoms with Crippen LogP contribution >= 0.6 is 0 Å². The molecule has 1 aromatic heterocycles. The summed E-state index contributed by atoms with van der Waals surface area (Å²) in [6, 6.07) is 4.48. The standard InChI is InChI=1S/C13H13F3N2O/c1-8-11(7-18(2)17-8)12(19)9-3-5-10(6-4-9)13(14,15)16/h3-7,12,19H,1-2H3. The first-order valence-corrected chi connectivity index (χ1v) is 5.64. The number of aryl methyl sites for hydroxylation is 2. The number of alkyl halides is 3. The summed E-state index contributed by atoms with van der Waals surface area (Å²) in [6.45, 7) is 1.74. The summed E-state index contributed by atoms with van der Waals surface area (Å²) < 4.78 is 38.9. The van der Waals surface area contributed by atoms with Crippen molar-refractivity contribution in [2.24, 2.45) is 7.05 Å². The molecule has 0 radical (unpaired) electrons. The Morgan fingerprint density at radius 2 is 1.79 bits per heavy atom. The van der Waals surface area contributed by atoms with Gasteiger partial charge in [0.15, 0.2) is 0 Å². The number of aliphatic hydroxyl groups excluding tert-OH is 1. The van der Waals surface area contributed by atoms with E-state index < -0.39 is 17.8 Å². The van der Waals surface area contributed by atoms with E-state index in [2.05, 4.69) is 5.10 Å². The summed E-state index contributed by atoms with van der Waals surface area (Å²) in [4.78, 5) is 0. The van der Waals surface area contributed by atoms with Crippen LogP contribution in [0.2, 0.25) is 0 Å². The zero-order valence-electron chi connectivity index (χ0n) is 10.4. The molecule has 1 N–H and O–H groups in total. The van der Waals surface area contributed by atoms with Gasteiger partial charge < -0.3 is 5.11 Å². The lowest BCUT2D eigenvalue weighted by molar-refractivity contribution is -0.137. The van der Waals surface area contributed by atoms with Crippen molar-refractivity contribution >= 4 is 0 Å². The van der Waals surface area contributed by atoms with E-state index in [0.717, 1.165) is 12.1 Å². The zero-order chi connectivity index (χ0) is 14.2. The minimum absolute atomic E-state index is 0.407. The maximum Gasteiger partial charge on any atom is 0.416 e. The number of rotatable bonds is 2. The van der Waals surface area contributed by atoms with Crippen molar-refractivity contribution in [3.8, 4) is 0 Å². The van der Waals surface area contributed by atoms with E-state index in [1.807, 2.05) is 0 Å². The summed E-state index contributed by atoms with van der Waals surface area (Å²) in [5.74, 6) is 0. The van der Waals surface area contributed by atoms with E-state index >= 15 is 0 Å². The molecule has 2 aromatic rings. The topological polar surface area (TPSA) is 38.0 Å². The second-order valence-corrected chi connectivity index (χ2v) is 4.37. The van der Waals surface area contributed by atoms with Gasteiger partial charge in [0.1, 0.15) is 6.10 Å². The number of hydrogen-bond donors (Lipinski definition) is 1. The highest BCUT2D eigenvalue weighted by atomic mass is 19.4. The molecule has 2 rings (SSSR count). The van der Waals surface area contributed by atoms with Gasteiger partial charge in [-0.15, -0.1) is 0 Å². The van der Waals surface area contributed by atoms with Crippen molar-refractivity contribution in [1.82, 2.24) is 9.78 Å². The van der Waals surface area contributed by atoms with Gasteiger partial charge in [-0.25, -0.2) is 0 Å². The lowest BCUT2D eigenvalue weighted by atomic mass is 10.0. The molecule has 0 saturated heterocycles. The molecule has 0 fully saturated rings. The highest BCUT2D eigenvalue weighted by molar-refractivity contribution is 5.33. The number of nitrogens with zero attached hydrogens (tertiary/aromatic N) is 2. The Balaban J connectivity index is 2.30. The Bertz CT molecular complexity index is 573. The number of aliphatic hydroxyl groups is 1. The van der Waals surface area contributed by atoms with Crippen LogP contribution in [0.5, 0.6) is 0 Å². The first-order valence-electron chi connectivity index (χ1n) is 5.64. The summed E-state index contributed by atoms with van der Waals surface area (Å²) in [7, 11) is 1.72. The van der Waals surface area contributed by atoms with Gasteiger partial charge in [0.25, 0.3) is 0 Å². The van der Waals surface area contributed by atoms with Crippen molar-refractivity contribution in [2.45, 2.75) is 19.2 Å². The van der Waals surface area contributed by atoms with Crippen molar-refractivity contribution in [1.29, 1.82) is 0 Å². The monoisotopic (exact) mass is 270 g/mol. The quantitative estimate of drug-likeness (QED) is 0.911. The van der Waals surface area contributed by atoms with Crippen molar-refractivity contribution < 1.29 is 18.3 Å². The number of aromatic nitrogens is 2. The predicted octanol–water partition coefficient (Wildman–Crippen LogP) is 2.83. The maximum absolute atomic E-state index is 12.4. The second-order valence-electron chi connectivity index (χ2n) is 4.37. The number of halogens is 3. The molecule has 1 heterocycles. The zero-order valence-corrected chi connectivity index (χ0v) is 10.4. The molecular formula is C13H13F3N2O. The lowest BCUT2D eigenvalue weighted by Gasteiger charge is -2.12. The Kier molecular flexibility index (Phi) is 3.36. The average molecular weight is 270 g/mol. The summed E-state index contributed by atoms with van der Waals surface area (Å²) in [5, 5.41) is 14.2. The molecule has 0 amide bonds. The molecule has 0 saturated carbocycles. The molecule has 1 atom stereocenters. The van der Waals surface area contributed by atoms with E-state index in [0.29, 0.717) is 16.8 Å². The van der Waals surface area contributed by atoms with Gasteiger partial charge >= 0.3 is 6.18 Å². The molecule has 0 spiro atoms. The Morgan fingerprint density at radius 3 is 2.21 bits per heavy atom. The van der Waals surface area contributed by atoms with Crippen LogP contribution < -0.4 is 0 Å². The third-order valence-corrected chi connectivity index (χ3v) is 2.90. The van der Waals surface area contributed by atoms with Gasteiger partial charge in [-0.1, -0.05) is 12.1 Å². The smallest absolute Gasteiger partial charge is 0.384 e. The van der Waals surface area contributed by atoms with Gasteiger partial charge in [0.05, 0.1) is 11.3 Å². The van der Waals surface area contributed by atoms with E-state index in [1.54, 1.807) is 24.9 Å². The molecule has 1 unspecified atom stereocenters.